The molecule has 5 heteroatoms. The van der Waals surface area contributed by atoms with Crippen molar-refractivity contribution in [3.8, 4) is 0 Å². The number of hydrogen-bond donors (Lipinski definition) is 0. The van der Waals surface area contributed by atoms with Crippen LogP contribution in [-0.4, -0.2) is 13.1 Å². The Morgan fingerprint density at radius 2 is 2.27 bits per heavy atom. The summed E-state index contributed by atoms with van der Waals surface area (Å²) in [6.45, 7) is 0. The van der Waals surface area contributed by atoms with Crippen LogP contribution in [-0.2, 0) is 21.3 Å². The SMILES string of the molecule is COC(=O)Cc1c(F)cc(Cl)cc1CBr. The second-order valence-corrected chi connectivity index (χ2v) is 3.91. The Hall–Kier alpha value is -0.610. The van der Waals surface area contributed by atoms with Gasteiger partial charge in [0.1, 0.15) is 5.82 Å². The summed E-state index contributed by atoms with van der Waals surface area (Å²) in [7, 11) is 1.27. The fourth-order valence-electron chi connectivity index (χ4n) is 1.19. The monoisotopic (exact) mass is 294 g/mol. The molecule has 0 saturated carbocycles. The minimum Gasteiger partial charge on any atom is -0.469 e. The molecule has 0 heterocycles. The van der Waals surface area contributed by atoms with E-state index in [1.54, 1.807) is 6.07 Å². The molecule has 0 aliphatic carbocycles. The van der Waals surface area contributed by atoms with Gasteiger partial charge in [0.2, 0.25) is 0 Å². The zero-order valence-electron chi connectivity index (χ0n) is 8.02. The predicted octanol–water partition coefficient (Wildman–Crippen LogP) is 3.09. The lowest BCUT2D eigenvalue weighted by molar-refractivity contribution is -0.139. The van der Waals surface area contributed by atoms with Crippen molar-refractivity contribution in [2.75, 3.05) is 7.11 Å². The van der Waals surface area contributed by atoms with Gasteiger partial charge in [-0.25, -0.2) is 4.39 Å². The van der Waals surface area contributed by atoms with Crippen molar-refractivity contribution >= 4 is 33.5 Å². The number of hydrogen-bond acceptors (Lipinski definition) is 2. The normalized spacial score (nSPS) is 10.1. The molecular formula is C10H9BrClFO2. The highest BCUT2D eigenvalue weighted by Crippen LogP contribution is 2.22. The Morgan fingerprint density at radius 3 is 2.80 bits per heavy atom. The number of carbonyl (C=O) groups is 1. The Balaban J connectivity index is 3.09. The van der Waals surface area contributed by atoms with Crippen molar-refractivity contribution < 1.29 is 13.9 Å². The quantitative estimate of drug-likeness (QED) is 0.633. The van der Waals surface area contributed by atoms with E-state index < -0.39 is 11.8 Å². The van der Waals surface area contributed by atoms with Crippen LogP contribution in [0.5, 0.6) is 0 Å². The number of halogens is 3. The van der Waals surface area contributed by atoms with E-state index in [0.717, 1.165) is 0 Å². The standard InChI is InChI=1S/C10H9BrClFO2/c1-15-10(14)4-8-6(5-11)2-7(12)3-9(8)13/h2-3H,4-5H2,1H3. The maximum absolute atomic E-state index is 13.5. The molecule has 0 atom stereocenters. The Labute approximate surface area is 101 Å². The third kappa shape index (κ3) is 3.18. The van der Waals surface area contributed by atoms with Crippen molar-refractivity contribution in [1.82, 2.24) is 0 Å². The third-order valence-corrected chi connectivity index (χ3v) is 2.77. The van der Waals surface area contributed by atoms with E-state index in [0.29, 0.717) is 21.5 Å². The van der Waals surface area contributed by atoms with E-state index in [9.17, 15) is 9.18 Å². The molecule has 0 saturated heterocycles. The zero-order valence-corrected chi connectivity index (χ0v) is 10.4. The van der Waals surface area contributed by atoms with Crippen LogP contribution in [0.25, 0.3) is 0 Å². The molecule has 0 spiro atoms. The molecule has 1 rings (SSSR count). The van der Waals surface area contributed by atoms with Gasteiger partial charge in [0.25, 0.3) is 0 Å². The molecule has 0 N–H and O–H groups in total. The van der Waals surface area contributed by atoms with Crippen LogP contribution in [0.4, 0.5) is 4.39 Å². The molecule has 82 valence electrons. The van der Waals surface area contributed by atoms with Gasteiger partial charge in [0, 0.05) is 15.9 Å². The molecule has 0 aliphatic heterocycles. The van der Waals surface area contributed by atoms with Crippen LogP contribution in [0, 0.1) is 5.82 Å². The first-order valence-electron chi connectivity index (χ1n) is 4.18. The summed E-state index contributed by atoms with van der Waals surface area (Å²) in [6, 6.07) is 2.81. The van der Waals surface area contributed by atoms with Crippen LogP contribution in [0.15, 0.2) is 12.1 Å². The molecule has 0 aliphatic rings. The predicted molar refractivity (Wildman–Crippen MR) is 59.8 cm³/mol. The first-order chi connectivity index (χ1) is 7.08. The van der Waals surface area contributed by atoms with Crippen molar-refractivity contribution in [2.24, 2.45) is 0 Å². The molecule has 0 bridgehead atoms. The molecule has 0 radical (unpaired) electrons. The number of benzene rings is 1. The number of esters is 1. The van der Waals surface area contributed by atoms with Gasteiger partial charge in [-0.3, -0.25) is 4.79 Å². The number of alkyl halides is 1. The summed E-state index contributed by atoms with van der Waals surface area (Å²) < 4.78 is 18.0. The topological polar surface area (TPSA) is 26.3 Å². The van der Waals surface area contributed by atoms with Crippen LogP contribution < -0.4 is 0 Å². The lowest BCUT2D eigenvalue weighted by atomic mass is 10.1. The second-order valence-electron chi connectivity index (χ2n) is 2.91. The number of ether oxygens (including phenoxy) is 1. The molecule has 1 aromatic rings. The summed E-state index contributed by atoms with van der Waals surface area (Å²) in [5, 5.41) is 0.757. The van der Waals surface area contributed by atoms with E-state index in [1.165, 1.54) is 13.2 Å². The first kappa shape index (κ1) is 12.5. The number of rotatable bonds is 3. The maximum Gasteiger partial charge on any atom is 0.310 e. The van der Waals surface area contributed by atoms with Crippen LogP contribution in [0.3, 0.4) is 0 Å². The lowest BCUT2D eigenvalue weighted by Crippen LogP contribution is -2.08. The summed E-state index contributed by atoms with van der Waals surface area (Å²) in [6.07, 6.45) is -0.0829. The second kappa shape index (κ2) is 5.47. The van der Waals surface area contributed by atoms with Crippen LogP contribution >= 0.6 is 27.5 Å². The largest absolute Gasteiger partial charge is 0.469 e. The minimum atomic E-state index is -0.484. The van der Waals surface area contributed by atoms with Crippen molar-refractivity contribution in [3.05, 3.63) is 34.1 Å². The molecule has 15 heavy (non-hydrogen) atoms. The summed E-state index contributed by atoms with van der Waals surface area (Å²) in [5.41, 5.74) is 0.980. The van der Waals surface area contributed by atoms with E-state index in [1.807, 2.05) is 0 Å². The van der Waals surface area contributed by atoms with Gasteiger partial charge in [0.05, 0.1) is 13.5 Å². The summed E-state index contributed by atoms with van der Waals surface area (Å²) in [5.74, 6) is -0.958. The molecule has 2 nitrogen and oxygen atoms in total. The fourth-order valence-corrected chi connectivity index (χ4v) is 1.92. The maximum atomic E-state index is 13.5. The third-order valence-electron chi connectivity index (χ3n) is 1.95. The van der Waals surface area contributed by atoms with Crippen LogP contribution in [0.1, 0.15) is 11.1 Å². The average Bonchev–Trinajstić information content (AvgIpc) is 2.21. The molecule has 0 amide bonds. The molecular weight excluding hydrogens is 286 g/mol. The average molecular weight is 296 g/mol. The van der Waals surface area contributed by atoms with Crippen LogP contribution in [0.2, 0.25) is 5.02 Å². The van der Waals surface area contributed by atoms with E-state index in [4.69, 9.17) is 11.6 Å². The Morgan fingerprint density at radius 1 is 1.60 bits per heavy atom. The molecule has 0 unspecified atom stereocenters. The highest BCUT2D eigenvalue weighted by Gasteiger charge is 2.13. The molecule has 1 aromatic carbocycles. The lowest BCUT2D eigenvalue weighted by Gasteiger charge is -2.08. The van der Waals surface area contributed by atoms with Gasteiger partial charge in [-0.1, -0.05) is 27.5 Å². The smallest absolute Gasteiger partial charge is 0.310 e. The Bertz CT molecular complexity index is 382. The van der Waals surface area contributed by atoms with Gasteiger partial charge in [-0.15, -0.1) is 0 Å². The van der Waals surface area contributed by atoms with Crippen molar-refractivity contribution in [2.45, 2.75) is 11.8 Å². The van der Waals surface area contributed by atoms with Gasteiger partial charge >= 0.3 is 5.97 Å². The zero-order chi connectivity index (χ0) is 11.4. The fraction of sp³-hybridized carbons (Fsp3) is 0.300. The molecule has 0 aromatic heterocycles. The van der Waals surface area contributed by atoms with Gasteiger partial charge in [-0.2, -0.15) is 0 Å². The van der Waals surface area contributed by atoms with E-state index in [2.05, 4.69) is 20.7 Å². The number of carbonyl (C=O) groups excluding carboxylic acids is 1. The minimum absolute atomic E-state index is 0.0829. The summed E-state index contributed by atoms with van der Waals surface area (Å²) >= 11 is 8.91. The Kier molecular flexibility index (Phi) is 4.54. The van der Waals surface area contributed by atoms with Crippen molar-refractivity contribution in [3.63, 3.8) is 0 Å². The number of methoxy groups -OCH3 is 1. The van der Waals surface area contributed by atoms with Gasteiger partial charge in [-0.05, 0) is 17.7 Å². The first-order valence-corrected chi connectivity index (χ1v) is 5.68. The van der Waals surface area contributed by atoms with Gasteiger partial charge < -0.3 is 4.74 Å². The van der Waals surface area contributed by atoms with Gasteiger partial charge in [0.15, 0.2) is 0 Å². The highest BCUT2D eigenvalue weighted by atomic mass is 79.9. The molecule has 0 fully saturated rings. The van der Waals surface area contributed by atoms with E-state index >= 15 is 0 Å². The highest BCUT2D eigenvalue weighted by molar-refractivity contribution is 9.08. The van der Waals surface area contributed by atoms with Crippen molar-refractivity contribution in [1.29, 1.82) is 0 Å². The van der Waals surface area contributed by atoms with E-state index in [-0.39, 0.29) is 6.42 Å². The summed E-state index contributed by atoms with van der Waals surface area (Å²) in [4.78, 5) is 11.0.